The second-order valence-electron chi connectivity index (χ2n) is 6.53. The lowest BCUT2D eigenvalue weighted by Gasteiger charge is -2.08. The number of Topliss-reactive ketones (excluding diaryl/α,β-unsaturated/α-hetero) is 1. The molecule has 0 radical (unpaired) electrons. The van der Waals surface area contributed by atoms with E-state index in [9.17, 15) is 9.59 Å². The maximum atomic E-state index is 12.5. The molecule has 3 aromatic rings. The summed E-state index contributed by atoms with van der Waals surface area (Å²) in [6, 6.07) is 12.5. The highest BCUT2D eigenvalue weighted by molar-refractivity contribution is 6.35. The molecule has 26 heavy (non-hydrogen) atoms. The van der Waals surface area contributed by atoms with Crippen LogP contribution in [0, 0.1) is 5.92 Å². The van der Waals surface area contributed by atoms with Gasteiger partial charge in [0.25, 0.3) is 0 Å². The normalized spacial score (nSPS) is 13.8. The molecule has 0 unspecified atom stereocenters. The fraction of sp³-hybridized carbons (Fsp3) is 0.200. The molecule has 2 aromatic carbocycles. The van der Waals surface area contributed by atoms with Crippen LogP contribution in [0.25, 0.3) is 10.9 Å². The molecule has 0 saturated heterocycles. The third-order valence-corrected chi connectivity index (χ3v) is 4.90. The number of nitrogens with one attached hydrogen (secondary N) is 1. The fourth-order valence-corrected chi connectivity index (χ4v) is 3.65. The minimum atomic E-state index is -0.213. The molecule has 1 aromatic heterocycles. The highest BCUT2D eigenvalue weighted by Crippen LogP contribution is 2.35. The molecule has 1 saturated carbocycles. The first-order chi connectivity index (χ1) is 12.5. The molecule has 1 amide bonds. The Bertz CT molecular complexity index is 1000. The van der Waals surface area contributed by atoms with Crippen molar-refractivity contribution in [2.24, 2.45) is 5.92 Å². The summed E-state index contributed by atoms with van der Waals surface area (Å²) in [5.74, 6) is 0.0909. The monoisotopic (exact) mass is 386 g/mol. The van der Waals surface area contributed by atoms with Gasteiger partial charge in [-0.2, -0.15) is 0 Å². The Morgan fingerprint density at radius 2 is 1.77 bits per heavy atom. The van der Waals surface area contributed by atoms with Crippen molar-refractivity contribution < 1.29 is 9.59 Å². The van der Waals surface area contributed by atoms with Gasteiger partial charge in [-0.05, 0) is 37.1 Å². The van der Waals surface area contributed by atoms with E-state index in [0.29, 0.717) is 21.3 Å². The number of amides is 1. The van der Waals surface area contributed by atoms with E-state index in [-0.39, 0.29) is 24.2 Å². The predicted octanol–water partition coefficient (Wildman–Crippen LogP) is 5.18. The van der Waals surface area contributed by atoms with Gasteiger partial charge in [-0.1, -0.05) is 41.4 Å². The SMILES string of the molecule is O=C(Cn1cc(C(=O)C2CC2)c2ccccc21)Nc1cc(Cl)cc(Cl)c1. The number of carbonyl (C=O) groups excluding carboxylic acids is 2. The van der Waals surface area contributed by atoms with Crippen molar-refractivity contribution in [3.63, 3.8) is 0 Å². The Morgan fingerprint density at radius 1 is 1.08 bits per heavy atom. The largest absolute Gasteiger partial charge is 0.337 e. The average Bonchev–Trinajstić information content (AvgIpc) is 3.37. The molecule has 6 heteroatoms. The van der Waals surface area contributed by atoms with Crippen LogP contribution < -0.4 is 5.32 Å². The van der Waals surface area contributed by atoms with Gasteiger partial charge < -0.3 is 9.88 Å². The molecule has 0 spiro atoms. The zero-order valence-electron chi connectivity index (χ0n) is 13.8. The van der Waals surface area contributed by atoms with Crippen molar-refractivity contribution in [3.8, 4) is 0 Å². The van der Waals surface area contributed by atoms with Crippen molar-refractivity contribution in [3.05, 3.63) is 64.3 Å². The minimum absolute atomic E-state index is 0.0998. The van der Waals surface area contributed by atoms with E-state index in [1.54, 1.807) is 24.4 Å². The predicted molar refractivity (Wildman–Crippen MR) is 104 cm³/mol. The lowest BCUT2D eigenvalue weighted by atomic mass is 10.1. The zero-order chi connectivity index (χ0) is 18.3. The Labute approximate surface area is 160 Å². The van der Waals surface area contributed by atoms with Gasteiger partial charge in [0.2, 0.25) is 5.91 Å². The molecule has 1 aliphatic carbocycles. The topological polar surface area (TPSA) is 51.1 Å². The van der Waals surface area contributed by atoms with Crippen molar-refractivity contribution in [1.82, 2.24) is 4.57 Å². The molecule has 0 aliphatic heterocycles. The van der Waals surface area contributed by atoms with Crippen LogP contribution in [0.15, 0.2) is 48.7 Å². The van der Waals surface area contributed by atoms with Crippen molar-refractivity contribution >= 4 is 51.5 Å². The Hall–Kier alpha value is -2.30. The third-order valence-electron chi connectivity index (χ3n) is 4.46. The van der Waals surface area contributed by atoms with E-state index in [1.165, 1.54) is 0 Å². The number of hydrogen-bond acceptors (Lipinski definition) is 2. The summed E-state index contributed by atoms with van der Waals surface area (Å²) in [5.41, 5.74) is 2.11. The van der Waals surface area contributed by atoms with Gasteiger partial charge >= 0.3 is 0 Å². The van der Waals surface area contributed by atoms with E-state index < -0.39 is 0 Å². The number of nitrogens with zero attached hydrogens (tertiary/aromatic N) is 1. The molecular weight excluding hydrogens is 371 g/mol. The third kappa shape index (κ3) is 3.48. The number of hydrogen-bond donors (Lipinski definition) is 1. The number of para-hydroxylation sites is 1. The Kier molecular flexibility index (Phi) is 4.47. The summed E-state index contributed by atoms with van der Waals surface area (Å²) in [6.45, 7) is 0.0998. The lowest BCUT2D eigenvalue weighted by Crippen LogP contribution is -2.18. The summed E-state index contributed by atoms with van der Waals surface area (Å²) in [7, 11) is 0. The number of benzene rings is 2. The van der Waals surface area contributed by atoms with Gasteiger partial charge in [0.1, 0.15) is 6.54 Å². The zero-order valence-corrected chi connectivity index (χ0v) is 15.3. The number of aromatic nitrogens is 1. The standard InChI is InChI=1S/C20H16Cl2N2O2/c21-13-7-14(22)9-15(8-13)23-19(25)11-24-10-17(20(26)12-5-6-12)16-3-1-2-4-18(16)24/h1-4,7-10,12H,5-6,11H2,(H,23,25). The molecule has 0 bridgehead atoms. The summed E-state index contributed by atoms with van der Waals surface area (Å²) >= 11 is 11.9. The number of rotatable bonds is 5. The van der Waals surface area contributed by atoms with Gasteiger partial charge in [-0.3, -0.25) is 9.59 Å². The summed E-state index contributed by atoms with van der Waals surface area (Å²) < 4.78 is 1.81. The highest BCUT2D eigenvalue weighted by atomic mass is 35.5. The van der Waals surface area contributed by atoms with Crippen LogP contribution in [0.2, 0.25) is 10.0 Å². The minimum Gasteiger partial charge on any atom is -0.337 e. The highest BCUT2D eigenvalue weighted by Gasteiger charge is 2.32. The molecule has 4 nitrogen and oxygen atoms in total. The summed E-state index contributed by atoms with van der Waals surface area (Å²) in [5, 5.41) is 4.60. The fourth-order valence-electron chi connectivity index (χ4n) is 3.12. The second kappa shape index (κ2) is 6.78. The summed E-state index contributed by atoms with van der Waals surface area (Å²) in [6.07, 6.45) is 3.69. The van der Waals surface area contributed by atoms with Gasteiger partial charge in [0.05, 0.1) is 0 Å². The number of ketones is 1. The number of fused-ring (bicyclic) bond motifs is 1. The maximum absolute atomic E-state index is 12.5. The molecule has 0 atom stereocenters. The van der Waals surface area contributed by atoms with Crippen LogP contribution in [0.1, 0.15) is 23.2 Å². The van der Waals surface area contributed by atoms with Crippen molar-refractivity contribution in [2.45, 2.75) is 19.4 Å². The van der Waals surface area contributed by atoms with Crippen LogP contribution in [0.4, 0.5) is 5.69 Å². The van der Waals surface area contributed by atoms with Gasteiger partial charge in [0, 0.05) is 44.3 Å². The van der Waals surface area contributed by atoms with E-state index in [4.69, 9.17) is 23.2 Å². The van der Waals surface area contributed by atoms with E-state index >= 15 is 0 Å². The molecular formula is C20H16Cl2N2O2. The summed E-state index contributed by atoms with van der Waals surface area (Å²) in [4.78, 5) is 25.0. The molecule has 132 valence electrons. The maximum Gasteiger partial charge on any atom is 0.244 e. The Morgan fingerprint density at radius 3 is 2.46 bits per heavy atom. The van der Waals surface area contributed by atoms with E-state index in [2.05, 4.69) is 5.32 Å². The van der Waals surface area contributed by atoms with Gasteiger partial charge in [-0.15, -0.1) is 0 Å². The first-order valence-electron chi connectivity index (χ1n) is 8.39. The van der Waals surface area contributed by atoms with Crippen LogP contribution >= 0.6 is 23.2 Å². The van der Waals surface area contributed by atoms with Crippen LogP contribution in [-0.4, -0.2) is 16.3 Å². The van der Waals surface area contributed by atoms with Crippen LogP contribution in [0.5, 0.6) is 0 Å². The van der Waals surface area contributed by atoms with Gasteiger partial charge in [-0.25, -0.2) is 0 Å². The molecule has 1 aliphatic rings. The number of anilines is 1. The molecule has 4 rings (SSSR count). The molecule has 1 N–H and O–H groups in total. The number of carbonyl (C=O) groups is 2. The molecule has 1 fully saturated rings. The van der Waals surface area contributed by atoms with Crippen molar-refractivity contribution in [1.29, 1.82) is 0 Å². The lowest BCUT2D eigenvalue weighted by molar-refractivity contribution is -0.116. The second-order valence-corrected chi connectivity index (χ2v) is 7.41. The first kappa shape index (κ1) is 17.1. The van der Waals surface area contributed by atoms with Crippen molar-refractivity contribution in [2.75, 3.05) is 5.32 Å². The van der Waals surface area contributed by atoms with Crippen LogP contribution in [0.3, 0.4) is 0 Å². The Balaban J connectivity index is 1.60. The first-order valence-corrected chi connectivity index (χ1v) is 9.15. The van der Waals surface area contributed by atoms with E-state index in [0.717, 1.165) is 23.7 Å². The smallest absolute Gasteiger partial charge is 0.244 e. The van der Waals surface area contributed by atoms with E-state index in [1.807, 2.05) is 28.8 Å². The average molecular weight is 387 g/mol. The quantitative estimate of drug-likeness (QED) is 0.614. The van der Waals surface area contributed by atoms with Crippen LogP contribution in [-0.2, 0) is 11.3 Å². The van der Waals surface area contributed by atoms with Gasteiger partial charge in [0.15, 0.2) is 5.78 Å². The molecule has 1 heterocycles. The number of halogens is 2.